The van der Waals surface area contributed by atoms with Gasteiger partial charge in [0.2, 0.25) is 0 Å². The molecule has 104 valence electrons. The maximum absolute atomic E-state index is 13.5. The average molecular weight is 353 g/mol. The summed E-state index contributed by atoms with van der Waals surface area (Å²) in [5.41, 5.74) is -0.183. The van der Waals surface area contributed by atoms with Crippen LogP contribution in [-0.4, -0.2) is 17.8 Å². The molecule has 2 rings (SSSR count). The van der Waals surface area contributed by atoms with Gasteiger partial charge in [0, 0.05) is 11.9 Å². The fourth-order valence-corrected chi connectivity index (χ4v) is 2.94. The lowest BCUT2D eigenvalue weighted by atomic mass is 10.0. The molecule has 1 aliphatic carbocycles. The molecule has 0 atom stereocenters. The van der Waals surface area contributed by atoms with E-state index in [1.54, 1.807) is 0 Å². The molecule has 0 spiro atoms. The van der Waals surface area contributed by atoms with Crippen LogP contribution in [-0.2, 0) is 0 Å². The number of hydrogen-bond donors (Lipinski definition) is 1. The normalized spacial score (nSPS) is 16.2. The lowest BCUT2D eigenvalue weighted by Crippen LogP contribution is -2.31. The Morgan fingerprint density at radius 3 is 2.63 bits per heavy atom. The van der Waals surface area contributed by atoms with Gasteiger partial charge in [-0.3, -0.25) is 4.79 Å². The Hall–Kier alpha value is -0.680. The Morgan fingerprint density at radius 1 is 1.37 bits per heavy atom. The van der Waals surface area contributed by atoms with Gasteiger partial charge in [0.05, 0.1) is 10.6 Å². The molecule has 0 heterocycles. The molecular formula is C13H13BrClF2NO. The minimum atomic E-state index is -0.811. The molecule has 2 nitrogen and oxygen atoms in total. The Kier molecular flexibility index (Phi) is 4.46. The summed E-state index contributed by atoms with van der Waals surface area (Å²) in [5.74, 6) is -2.21. The number of carbonyl (C=O) groups is 1. The highest BCUT2D eigenvalue weighted by Crippen LogP contribution is 2.48. The molecule has 0 aliphatic heterocycles. The second-order valence-electron chi connectivity index (χ2n) is 4.87. The van der Waals surface area contributed by atoms with Crippen molar-refractivity contribution in [2.45, 2.75) is 19.3 Å². The minimum absolute atomic E-state index is 0.126. The third-order valence-electron chi connectivity index (χ3n) is 3.46. The van der Waals surface area contributed by atoms with E-state index < -0.39 is 17.5 Å². The van der Waals surface area contributed by atoms with Crippen LogP contribution in [0.2, 0.25) is 5.02 Å². The van der Waals surface area contributed by atoms with Gasteiger partial charge in [-0.2, -0.15) is 0 Å². The van der Waals surface area contributed by atoms with E-state index >= 15 is 0 Å². The van der Waals surface area contributed by atoms with Crippen LogP contribution in [0.4, 0.5) is 8.78 Å². The summed E-state index contributed by atoms with van der Waals surface area (Å²) in [7, 11) is 0. The van der Waals surface area contributed by atoms with Crippen LogP contribution in [0, 0.1) is 17.0 Å². The summed E-state index contributed by atoms with van der Waals surface area (Å²) in [5, 5.41) is 3.21. The summed E-state index contributed by atoms with van der Waals surface area (Å²) in [6.07, 6.45) is 3.07. The maximum Gasteiger partial charge on any atom is 0.254 e. The van der Waals surface area contributed by atoms with Crippen molar-refractivity contribution < 1.29 is 13.6 Å². The minimum Gasteiger partial charge on any atom is -0.351 e. The van der Waals surface area contributed by atoms with E-state index in [9.17, 15) is 13.6 Å². The molecule has 1 aromatic carbocycles. The van der Waals surface area contributed by atoms with Gasteiger partial charge in [0.25, 0.3) is 5.91 Å². The highest BCUT2D eigenvalue weighted by atomic mass is 79.9. The summed E-state index contributed by atoms with van der Waals surface area (Å²) < 4.78 is 26.8. The predicted molar refractivity (Wildman–Crippen MR) is 73.8 cm³/mol. The van der Waals surface area contributed by atoms with Crippen molar-refractivity contribution >= 4 is 33.4 Å². The summed E-state index contributed by atoms with van der Waals surface area (Å²) in [6.45, 7) is 0.487. The monoisotopic (exact) mass is 351 g/mol. The number of rotatable bonds is 5. The average Bonchev–Trinajstić information content (AvgIpc) is 3.12. The van der Waals surface area contributed by atoms with E-state index in [1.165, 1.54) is 0 Å². The Bertz CT molecular complexity index is 506. The van der Waals surface area contributed by atoms with Crippen LogP contribution in [0.5, 0.6) is 0 Å². The fourth-order valence-electron chi connectivity index (χ4n) is 1.95. The first kappa shape index (κ1) is 14.7. The molecule has 0 aromatic heterocycles. The summed E-state index contributed by atoms with van der Waals surface area (Å²) in [4.78, 5) is 11.8. The van der Waals surface area contributed by atoms with E-state index in [-0.39, 0.29) is 16.0 Å². The number of alkyl halides is 1. The smallest absolute Gasteiger partial charge is 0.254 e. The molecule has 1 fully saturated rings. The molecule has 19 heavy (non-hydrogen) atoms. The zero-order valence-corrected chi connectivity index (χ0v) is 12.5. The van der Waals surface area contributed by atoms with Crippen molar-refractivity contribution in [2.75, 3.05) is 11.9 Å². The second kappa shape index (κ2) is 5.75. The van der Waals surface area contributed by atoms with Gasteiger partial charge in [0.15, 0.2) is 0 Å². The van der Waals surface area contributed by atoms with Crippen molar-refractivity contribution in [3.63, 3.8) is 0 Å². The van der Waals surface area contributed by atoms with Crippen molar-refractivity contribution in [3.05, 3.63) is 34.4 Å². The SMILES string of the molecule is O=C(NCC1(CCBr)CC1)c1cc(F)c(Cl)cc1F. The van der Waals surface area contributed by atoms with E-state index in [2.05, 4.69) is 21.2 Å². The van der Waals surface area contributed by atoms with Gasteiger partial charge in [-0.25, -0.2) is 8.78 Å². The largest absolute Gasteiger partial charge is 0.351 e. The van der Waals surface area contributed by atoms with Gasteiger partial charge in [-0.15, -0.1) is 0 Å². The second-order valence-corrected chi connectivity index (χ2v) is 6.07. The van der Waals surface area contributed by atoms with Crippen molar-refractivity contribution in [1.29, 1.82) is 0 Å². The van der Waals surface area contributed by atoms with Crippen molar-refractivity contribution in [3.8, 4) is 0 Å². The first-order valence-corrected chi connectivity index (χ1v) is 7.46. The van der Waals surface area contributed by atoms with Crippen LogP contribution >= 0.6 is 27.5 Å². The quantitative estimate of drug-likeness (QED) is 0.632. The molecule has 1 saturated carbocycles. The number of nitrogens with one attached hydrogen (secondary N) is 1. The van der Waals surface area contributed by atoms with E-state index in [1.807, 2.05) is 0 Å². The molecule has 0 bridgehead atoms. The Labute approximate surface area is 123 Å². The van der Waals surface area contributed by atoms with Crippen LogP contribution in [0.3, 0.4) is 0 Å². The topological polar surface area (TPSA) is 29.1 Å². The van der Waals surface area contributed by atoms with Crippen LogP contribution in [0.25, 0.3) is 0 Å². The predicted octanol–water partition coefficient (Wildman–Crippen LogP) is 3.91. The van der Waals surface area contributed by atoms with Crippen molar-refractivity contribution in [1.82, 2.24) is 5.32 Å². The van der Waals surface area contributed by atoms with E-state index in [0.717, 1.165) is 36.7 Å². The number of halogens is 4. The van der Waals surface area contributed by atoms with E-state index in [0.29, 0.717) is 6.54 Å². The zero-order chi connectivity index (χ0) is 14.0. The molecule has 1 amide bonds. The van der Waals surface area contributed by atoms with Crippen LogP contribution in [0.15, 0.2) is 12.1 Å². The fraction of sp³-hybridized carbons (Fsp3) is 0.462. The number of carbonyl (C=O) groups excluding carboxylic acids is 1. The third kappa shape index (κ3) is 3.45. The highest BCUT2D eigenvalue weighted by Gasteiger charge is 2.41. The lowest BCUT2D eigenvalue weighted by Gasteiger charge is -2.14. The third-order valence-corrected chi connectivity index (χ3v) is 4.15. The number of benzene rings is 1. The standard InChI is InChI=1S/C13H13BrClF2NO/c14-4-3-13(1-2-13)7-18-12(19)8-5-11(17)9(15)6-10(8)16/h5-6H,1-4,7H2,(H,18,19). The molecule has 0 saturated heterocycles. The van der Waals surface area contributed by atoms with Gasteiger partial charge >= 0.3 is 0 Å². The lowest BCUT2D eigenvalue weighted by molar-refractivity contribution is 0.0940. The zero-order valence-electron chi connectivity index (χ0n) is 10.1. The molecule has 1 N–H and O–H groups in total. The molecule has 6 heteroatoms. The first-order valence-electron chi connectivity index (χ1n) is 5.96. The van der Waals surface area contributed by atoms with Gasteiger partial charge in [0.1, 0.15) is 11.6 Å². The maximum atomic E-state index is 13.5. The Balaban J connectivity index is 2.02. The summed E-state index contributed by atoms with van der Waals surface area (Å²) in [6, 6.07) is 1.65. The van der Waals surface area contributed by atoms with Crippen LogP contribution < -0.4 is 5.32 Å². The highest BCUT2D eigenvalue weighted by molar-refractivity contribution is 9.09. The first-order chi connectivity index (χ1) is 8.97. The molecule has 1 aliphatic rings. The van der Waals surface area contributed by atoms with E-state index in [4.69, 9.17) is 11.6 Å². The number of hydrogen-bond acceptors (Lipinski definition) is 1. The number of amides is 1. The molecule has 0 radical (unpaired) electrons. The molecule has 1 aromatic rings. The van der Waals surface area contributed by atoms with Gasteiger partial charge < -0.3 is 5.32 Å². The Morgan fingerprint density at radius 2 is 2.05 bits per heavy atom. The van der Waals surface area contributed by atoms with Gasteiger partial charge in [-0.05, 0) is 36.8 Å². The molecular weight excluding hydrogens is 340 g/mol. The van der Waals surface area contributed by atoms with Crippen molar-refractivity contribution in [2.24, 2.45) is 5.41 Å². The van der Waals surface area contributed by atoms with Gasteiger partial charge in [-0.1, -0.05) is 27.5 Å². The molecule has 0 unspecified atom stereocenters. The van der Waals surface area contributed by atoms with Crippen LogP contribution in [0.1, 0.15) is 29.6 Å². The summed E-state index contributed by atoms with van der Waals surface area (Å²) >= 11 is 8.81.